The minimum atomic E-state index is -0.529. The molecule has 0 unspecified atom stereocenters. The van der Waals surface area contributed by atoms with Crippen molar-refractivity contribution in [2.75, 3.05) is 7.11 Å². The average molecular weight is 218 g/mol. The summed E-state index contributed by atoms with van der Waals surface area (Å²) in [6.45, 7) is 0. The summed E-state index contributed by atoms with van der Waals surface area (Å²) < 4.78 is 5.87. The number of esters is 1. The predicted molar refractivity (Wildman–Crippen MR) is 58.3 cm³/mol. The largest absolute Gasteiger partial charge is 0.464 e. The first-order valence-corrected chi connectivity index (χ1v) is 4.67. The minimum Gasteiger partial charge on any atom is -0.464 e. The van der Waals surface area contributed by atoms with E-state index >= 15 is 0 Å². The molecule has 2 heterocycles. The maximum Gasteiger partial charge on any atom is 0.354 e. The average Bonchev–Trinajstić information content (AvgIpc) is 2.33. The van der Waals surface area contributed by atoms with Crippen molar-refractivity contribution >= 4 is 16.7 Å². The molecule has 0 radical (unpaired) electrons. The molecule has 0 aromatic carbocycles. The molecule has 0 saturated carbocycles. The number of rotatable bonds is 1. The van der Waals surface area contributed by atoms with Crippen LogP contribution in [0.1, 0.15) is 10.5 Å². The molecule has 16 heavy (non-hydrogen) atoms. The van der Waals surface area contributed by atoms with Crippen LogP contribution in [0, 0.1) is 0 Å². The Balaban J connectivity index is 2.84. The molecule has 2 rings (SSSR count). The third kappa shape index (κ3) is 1.46. The fourth-order valence-electron chi connectivity index (χ4n) is 1.54. The molecule has 0 N–H and O–H groups in total. The number of carbonyl (C=O) groups excluding carboxylic acids is 1. The summed E-state index contributed by atoms with van der Waals surface area (Å²) in [7, 11) is 2.81. The van der Waals surface area contributed by atoms with Crippen molar-refractivity contribution in [2.24, 2.45) is 7.05 Å². The van der Waals surface area contributed by atoms with E-state index in [1.54, 1.807) is 18.3 Å². The van der Waals surface area contributed by atoms with E-state index in [2.05, 4.69) is 9.72 Å². The van der Waals surface area contributed by atoms with Gasteiger partial charge in [0.1, 0.15) is 5.69 Å². The summed E-state index contributed by atoms with van der Waals surface area (Å²) in [5.41, 5.74) is -0.0304. The molecule has 5 heteroatoms. The number of methoxy groups -OCH3 is 1. The van der Waals surface area contributed by atoms with E-state index in [1.807, 2.05) is 0 Å². The van der Waals surface area contributed by atoms with Crippen molar-refractivity contribution < 1.29 is 9.53 Å². The quantitative estimate of drug-likeness (QED) is 0.662. The van der Waals surface area contributed by atoms with Crippen molar-refractivity contribution in [1.29, 1.82) is 0 Å². The van der Waals surface area contributed by atoms with Crippen LogP contribution in [0.5, 0.6) is 0 Å². The van der Waals surface area contributed by atoms with Crippen LogP contribution >= 0.6 is 0 Å². The van der Waals surface area contributed by atoms with Crippen LogP contribution in [-0.2, 0) is 11.8 Å². The Hall–Kier alpha value is -2.17. The van der Waals surface area contributed by atoms with Gasteiger partial charge in [0.2, 0.25) is 0 Å². The third-order valence-electron chi connectivity index (χ3n) is 2.44. The Labute approximate surface area is 91.3 Å². The van der Waals surface area contributed by atoms with Gasteiger partial charge in [-0.05, 0) is 17.5 Å². The fraction of sp³-hybridized carbons (Fsp3) is 0.182. The Morgan fingerprint density at radius 1 is 1.50 bits per heavy atom. The van der Waals surface area contributed by atoms with Crippen LogP contribution in [-0.4, -0.2) is 22.6 Å². The van der Waals surface area contributed by atoms with Gasteiger partial charge in [-0.3, -0.25) is 9.78 Å². The molecule has 0 atom stereocenters. The second kappa shape index (κ2) is 3.77. The van der Waals surface area contributed by atoms with Gasteiger partial charge in [0, 0.05) is 19.4 Å². The van der Waals surface area contributed by atoms with Crippen LogP contribution < -0.4 is 5.56 Å². The summed E-state index contributed by atoms with van der Waals surface area (Å²) in [6.07, 6.45) is 3.06. The Morgan fingerprint density at radius 2 is 2.25 bits per heavy atom. The van der Waals surface area contributed by atoms with Gasteiger partial charge in [-0.1, -0.05) is 0 Å². The van der Waals surface area contributed by atoms with Gasteiger partial charge >= 0.3 is 5.97 Å². The van der Waals surface area contributed by atoms with Crippen LogP contribution in [0.25, 0.3) is 10.8 Å². The third-order valence-corrected chi connectivity index (χ3v) is 2.44. The summed E-state index contributed by atoms with van der Waals surface area (Å²) in [4.78, 5) is 27.2. The number of aromatic nitrogens is 2. The van der Waals surface area contributed by atoms with Gasteiger partial charge in [0.05, 0.1) is 12.5 Å². The molecule has 0 aliphatic rings. The summed E-state index contributed by atoms with van der Waals surface area (Å²) in [6, 6.07) is 3.30. The molecule has 0 amide bonds. The highest BCUT2D eigenvalue weighted by Crippen LogP contribution is 2.10. The van der Waals surface area contributed by atoms with Gasteiger partial charge in [0.25, 0.3) is 5.56 Å². The Morgan fingerprint density at radius 3 is 2.94 bits per heavy atom. The van der Waals surface area contributed by atoms with Gasteiger partial charge in [0.15, 0.2) is 0 Å². The van der Waals surface area contributed by atoms with E-state index < -0.39 is 5.97 Å². The molecule has 0 saturated heterocycles. The standard InChI is InChI=1S/C11H10N2O3/c1-13-9(11(15)16-2)5-7-3-4-12-6-8(7)10(13)14/h3-6H,1-2H3. The number of ether oxygens (including phenoxy) is 1. The lowest BCUT2D eigenvalue weighted by Crippen LogP contribution is -2.23. The molecule has 2 aromatic rings. The normalized spacial score (nSPS) is 10.4. The molecule has 0 spiro atoms. The fourth-order valence-corrected chi connectivity index (χ4v) is 1.54. The van der Waals surface area contributed by atoms with E-state index in [9.17, 15) is 9.59 Å². The maximum atomic E-state index is 11.9. The first-order chi connectivity index (χ1) is 7.65. The maximum absolute atomic E-state index is 11.9. The molecule has 5 nitrogen and oxygen atoms in total. The SMILES string of the molecule is COC(=O)c1cc2ccncc2c(=O)n1C. The molecule has 0 aliphatic carbocycles. The van der Waals surface area contributed by atoms with E-state index in [4.69, 9.17) is 0 Å². The molecular formula is C11H10N2O3. The lowest BCUT2D eigenvalue weighted by Gasteiger charge is -2.07. The van der Waals surface area contributed by atoms with E-state index in [-0.39, 0.29) is 11.3 Å². The smallest absolute Gasteiger partial charge is 0.354 e. The highest BCUT2D eigenvalue weighted by atomic mass is 16.5. The van der Waals surface area contributed by atoms with Gasteiger partial charge in [-0.2, -0.15) is 0 Å². The van der Waals surface area contributed by atoms with Crippen molar-refractivity contribution in [3.8, 4) is 0 Å². The van der Waals surface area contributed by atoms with Crippen molar-refractivity contribution in [3.63, 3.8) is 0 Å². The summed E-state index contributed by atoms with van der Waals surface area (Å²) in [5.74, 6) is -0.529. The van der Waals surface area contributed by atoms with Crippen LogP contribution in [0.2, 0.25) is 0 Å². The van der Waals surface area contributed by atoms with Crippen LogP contribution in [0.15, 0.2) is 29.3 Å². The van der Waals surface area contributed by atoms with Crippen molar-refractivity contribution in [2.45, 2.75) is 0 Å². The molecule has 0 aliphatic heterocycles. The van der Waals surface area contributed by atoms with Crippen molar-refractivity contribution in [1.82, 2.24) is 9.55 Å². The minimum absolute atomic E-state index is 0.228. The van der Waals surface area contributed by atoms with Crippen LogP contribution in [0.4, 0.5) is 0 Å². The predicted octanol–water partition coefficient (Wildman–Crippen LogP) is 0.720. The number of nitrogens with zero attached hydrogens (tertiary/aromatic N) is 2. The lowest BCUT2D eigenvalue weighted by atomic mass is 10.2. The highest BCUT2D eigenvalue weighted by molar-refractivity contribution is 5.92. The van der Waals surface area contributed by atoms with E-state index in [1.165, 1.54) is 24.9 Å². The molecule has 0 fully saturated rings. The molecule has 0 bridgehead atoms. The first-order valence-electron chi connectivity index (χ1n) is 4.67. The molecular weight excluding hydrogens is 208 g/mol. The first kappa shape index (κ1) is 10.4. The Kier molecular flexibility index (Phi) is 2.44. The number of carbonyl (C=O) groups is 1. The van der Waals surface area contributed by atoms with Gasteiger partial charge in [-0.15, -0.1) is 0 Å². The monoisotopic (exact) mass is 218 g/mol. The van der Waals surface area contributed by atoms with Gasteiger partial charge in [-0.25, -0.2) is 4.79 Å². The lowest BCUT2D eigenvalue weighted by molar-refractivity contribution is 0.0588. The number of hydrogen-bond donors (Lipinski definition) is 0. The van der Waals surface area contributed by atoms with Gasteiger partial charge < -0.3 is 9.30 Å². The van der Waals surface area contributed by atoms with Crippen molar-refractivity contribution in [3.05, 3.63) is 40.6 Å². The number of hydrogen-bond acceptors (Lipinski definition) is 4. The Bertz CT molecular complexity index is 616. The zero-order valence-electron chi connectivity index (χ0n) is 8.93. The topological polar surface area (TPSA) is 61.2 Å². The summed E-state index contributed by atoms with van der Waals surface area (Å²) >= 11 is 0. The second-order valence-electron chi connectivity index (χ2n) is 3.35. The van der Waals surface area contributed by atoms with E-state index in [0.717, 1.165) is 0 Å². The highest BCUT2D eigenvalue weighted by Gasteiger charge is 2.12. The zero-order chi connectivity index (χ0) is 11.7. The zero-order valence-corrected chi connectivity index (χ0v) is 8.93. The molecule has 2 aromatic heterocycles. The number of pyridine rings is 2. The van der Waals surface area contributed by atoms with E-state index in [0.29, 0.717) is 10.8 Å². The second-order valence-corrected chi connectivity index (χ2v) is 3.35. The summed E-state index contributed by atoms with van der Waals surface area (Å²) in [5, 5.41) is 1.16. The molecule has 82 valence electrons. The number of fused-ring (bicyclic) bond motifs is 1. The van der Waals surface area contributed by atoms with Crippen LogP contribution in [0.3, 0.4) is 0 Å².